The molecular formula is C32H35N3O3. The molecule has 0 aliphatic carbocycles. The van der Waals surface area contributed by atoms with Gasteiger partial charge in [0.2, 0.25) is 0 Å². The molecule has 0 bridgehead atoms. The maximum Gasteiger partial charge on any atom is 0.251 e. The predicted molar refractivity (Wildman–Crippen MR) is 152 cm³/mol. The van der Waals surface area contributed by atoms with E-state index in [1.807, 2.05) is 43.3 Å². The average molecular weight is 510 g/mol. The van der Waals surface area contributed by atoms with Crippen molar-refractivity contribution in [1.82, 2.24) is 10.2 Å². The number of hydrogen-bond donors (Lipinski definition) is 1. The topological polar surface area (TPSA) is 63.2 Å². The summed E-state index contributed by atoms with van der Waals surface area (Å²) in [6.45, 7) is 13.2. The third-order valence-corrected chi connectivity index (χ3v) is 7.65. The second kappa shape index (κ2) is 10.7. The Bertz CT molecular complexity index is 1410. The maximum absolute atomic E-state index is 12.4. The number of rotatable bonds is 4. The van der Waals surface area contributed by atoms with Gasteiger partial charge in [-0.3, -0.25) is 4.79 Å². The van der Waals surface area contributed by atoms with Gasteiger partial charge in [0.1, 0.15) is 23.9 Å². The largest absolute Gasteiger partial charge is 0.497 e. The molecule has 5 rings (SSSR count). The Hall–Kier alpha value is -4.06. The van der Waals surface area contributed by atoms with Crippen molar-refractivity contribution in [3.8, 4) is 22.6 Å². The fourth-order valence-corrected chi connectivity index (χ4v) is 5.20. The Morgan fingerprint density at radius 1 is 1.11 bits per heavy atom. The number of ether oxygens (including phenoxy) is 2. The van der Waals surface area contributed by atoms with Crippen molar-refractivity contribution in [2.45, 2.75) is 33.2 Å². The van der Waals surface area contributed by atoms with Gasteiger partial charge in [-0.1, -0.05) is 38.6 Å². The minimum atomic E-state index is -0.0658. The van der Waals surface area contributed by atoms with Gasteiger partial charge in [-0.2, -0.15) is 0 Å². The van der Waals surface area contributed by atoms with E-state index in [-0.39, 0.29) is 17.7 Å². The maximum atomic E-state index is 12.4. The Morgan fingerprint density at radius 2 is 1.92 bits per heavy atom. The molecule has 2 aliphatic heterocycles. The molecule has 0 radical (unpaired) electrons. The molecule has 6 heteroatoms. The number of hydrogen-bond acceptors (Lipinski definition) is 5. The van der Waals surface area contributed by atoms with E-state index in [4.69, 9.17) is 14.5 Å². The minimum absolute atomic E-state index is 0.0658. The molecule has 38 heavy (non-hydrogen) atoms. The normalized spacial score (nSPS) is 18.8. The van der Waals surface area contributed by atoms with E-state index in [9.17, 15) is 4.79 Å². The molecule has 2 aliphatic rings. The van der Waals surface area contributed by atoms with Gasteiger partial charge in [0.15, 0.2) is 0 Å². The van der Waals surface area contributed by atoms with Gasteiger partial charge in [-0.25, -0.2) is 4.99 Å². The van der Waals surface area contributed by atoms with Crippen LogP contribution in [0.15, 0.2) is 77.9 Å². The van der Waals surface area contributed by atoms with E-state index in [1.165, 1.54) is 5.56 Å². The quantitative estimate of drug-likeness (QED) is 0.467. The molecule has 2 atom stereocenters. The number of aliphatic imine (C=N–C) groups is 1. The molecular weight excluding hydrogens is 474 g/mol. The number of nitrogens with zero attached hydrogens (tertiary/aromatic N) is 2. The van der Waals surface area contributed by atoms with Crippen LogP contribution in [0.2, 0.25) is 0 Å². The summed E-state index contributed by atoms with van der Waals surface area (Å²) in [5.74, 6) is 3.04. The zero-order valence-corrected chi connectivity index (χ0v) is 22.6. The van der Waals surface area contributed by atoms with Crippen LogP contribution in [0.3, 0.4) is 0 Å². The average Bonchev–Trinajstić information content (AvgIpc) is 3.21. The Balaban J connectivity index is 1.52. The smallest absolute Gasteiger partial charge is 0.251 e. The molecule has 0 saturated carbocycles. The van der Waals surface area contributed by atoms with Crippen molar-refractivity contribution in [3.05, 3.63) is 95.2 Å². The first-order valence-corrected chi connectivity index (χ1v) is 13.2. The van der Waals surface area contributed by atoms with Gasteiger partial charge in [-0.05, 0) is 72.0 Å². The molecule has 0 aromatic heterocycles. The monoisotopic (exact) mass is 509 g/mol. The number of nitrogens with one attached hydrogen (secondary N) is 1. The van der Waals surface area contributed by atoms with Gasteiger partial charge in [0, 0.05) is 41.4 Å². The van der Waals surface area contributed by atoms with Crippen molar-refractivity contribution in [2.24, 2.45) is 10.9 Å². The molecule has 0 spiro atoms. The summed E-state index contributed by atoms with van der Waals surface area (Å²) < 4.78 is 11.7. The molecule has 3 aromatic rings. The van der Waals surface area contributed by atoms with E-state index < -0.39 is 0 Å². The van der Waals surface area contributed by atoms with Crippen molar-refractivity contribution >= 4 is 11.7 Å². The fourth-order valence-electron chi connectivity index (χ4n) is 5.20. The molecule has 0 fully saturated rings. The number of carbonyl (C=O) groups excluding carboxylic acids is 1. The molecule has 0 saturated heterocycles. The van der Waals surface area contributed by atoms with E-state index in [0.29, 0.717) is 31.8 Å². The van der Waals surface area contributed by atoms with Crippen molar-refractivity contribution in [3.63, 3.8) is 0 Å². The van der Waals surface area contributed by atoms with Gasteiger partial charge in [0.25, 0.3) is 5.91 Å². The molecule has 196 valence electrons. The first-order chi connectivity index (χ1) is 18.4. The van der Waals surface area contributed by atoms with Crippen molar-refractivity contribution in [1.29, 1.82) is 0 Å². The SMILES string of the molecule is C=C1N=C(N2CCOc3ccc(-c4cccc(C(=O)NCC)c4)cc3C2)c2ccc(OC)cc2C(C)C1C. The van der Waals surface area contributed by atoms with E-state index in [0.717, 1.165) is 45.3 Å². The lowest BCUT2D eigenvalue weighted by Gasteiger charge is -2.26. The molecule has 2 unspecified atom stereocenters. The molecule has 1 N–H and O–H groups in total. The molecule has 1 amide bonds. The van der Waals surface area contributed by atoms with Crippen LogP contribution in [0, 0.1) is 5.92 Å². The van der Waals surface area contributed by atoms with E-state index in [2.05, 4.69) is 54.9 Å². The Labute approximate surface area is 225 Å². The van der Waals surface area contributed by atoms with Crippen LogP contribution in [-0.4, -0.2) is 43.4 Å². The fraction of sp³-hybridized carbons (Fsp3) is 0.312. The second-order valence-electron chi connectivity index (χ2n) is 9.99. The van der Waals surface area contributed by atoms with Crippen LogP contribution in [-0.2, 0) is 6.54 Å². The van der Waals surface area contributed by atoms with Gasteiger partial charge in [-0.15, -0.1) is 0 Å². The Morgan fingerprint density at radius 3 is 2.71 bits per heavy atom. The molecule has 2 heterocycles. The molecule has 6 nitrogen and oxygen atoms in total. The number of amides is 1. The second-order valence-corrected chi connectivity index (χ2v) is 9.99. The van der Waals surface area contributed by atoms with Crippen LogP contribution in [0.25, 0.3) is 11.1 Å². The first-order valence-electron chi connectivity index (χ1n) is 13.2. The van der Waals surface area contributed by atoms with Gasteiger partial charge in [0.05, 0.1) is 13.7 Å². The molecule has 3 aromatic carbocycles. The predicted octanol–water partition coefficient (Wildman–Crippen LogP) is 6.02. The van der Waals surface area contributed by atoms with Crippen LogP contribution in [0.1, 0.15) is 53.7 Å². The summed E-state index contributed by atoms with van der Waals surface area (Å²) in [7, 11) is 1.70. The van der Waals surface area contributed by atoms with Gasteiger partial charge >= 0.3 is 0 Å². The summed E-state index contributed by atoms with van der Waals surface area (Å²) in [5, 5.41) is 2.88. The number of methoxy groups -OCH3 is 1. The van der Waals surface area contributed by atoms with Gasteiger partial charge < -0.3 is 19.7 Å². The number of allylic oxidation sites excluding steroid dienone is 1. The first kappa shape index (κ1) is 25.6. The lowest BCUT2D eigenvalue weighted by molar-refractivity contribution is 0.0956. The summed E-state index contributed by atoms with van der Waals surface area (Å²) >= 11 is 0. The van der Waals surface area contributed by atoms with Crippen LogP contribution >= 0.6 is 0 Å². The Kier molecular flexibility index (Phi) is 7.23. The highest BCUT2D eigenvalue weighted by Crippen LogP contribution is 2.38. The highest BCUT2D eigenvalue weighted by atomic mass is 16.5. The number of carbonyl (C=O) groups is 1. The van der Waals surface area contributed by atoms with Crippen LogP contribution < -0.4 is 14.8 Å². The summed E-state index contributed by atoms with van der Waals surface area (Å²) in [6.07, 6.45) is 0. The third-order valence-electron chi connectivity index (χ3n) is 7.65. The van der Waals surface area contributed by atoms with Crippen molar-refractivity contribution in [2.75, 3.05) is 26.8 Å². The zero-order chi connectivity index (χ0) is 26.8. The van der Waals surface area contributed by atoms with Crippen LogP contribution in [0.5, 0.6) is 11.5 Å². The summed E-state index contributed by atoms with van der Waals surface area (Å²) in [5.41, 5.74) is 6.97. The summed E-state index contributed by atoms with van der Waals surface area (Å²) in [6, 6.07) is 20.2. The highest BCUT2D eigenvalue weighted by Gasteiger charge is 2.30. The van der Waals surface area contributed by atoms with E-state index in [1.54, 1.807) is 7.11 Å². The van der Waals surface area contributed by atoms with E-state index >= 15 is 0 Å². The minimum Gasteiger partial charge on any atom is -0.497 e. The van der Waals surface area contributed by atoms with Crippen LogP contribution in [0.4, 0.5) is 0 Å². The number of amidine groups is 1. The lowest BCUT2D eigenvalue weighted by Crippen LogP contribution is -2.33. The summed E-state index contributed by atoms with van der Waals surface area (Å²) in [4.78, 5) is 19.8. The number of fused-ring (bicyclic) bond motifs is 2. The highest BCUT2D eigenvalue weighted by molar-refractivity contribution is 6.01. The lowest BCUT2D eigenvalue weighted by atomic mass is 9.85. The number of benzene rings is 3. The zero-order valence-electron chi connectivity index (χ0n) is 22.6. The standard InChI is InChI=1S/C32H35N3O3/c1-6-33-32(36)25-9-7-8-23(16-25)24-10-13-30-26(17-24)19-35(14-15-38-30)31-28-12-11-27(37-5)18-29(28)21(3)20(2)22(4)34-31/h7-13,16-18,20-21H,4,6,14-15,19H2,1-3,5H3,(H,33,36). The van der Waals surface area contributed by atoms with Crippen molar-refractivity contribution < 1.29 is 14.3 Å². The third kappa shape index (κ3) is 4.91.